The van der Waals surface area contributed by atoms with E-state index >= 15 is 0 Å². The molecule has 0 aliphatic rings. The maximum absolute atomic E-state index is 11.2. The number of carboxylic acids is 1. The Morgan fingerprint density at radius 2 is 1.92 bits per heavy atom. The second-order valence-corrected chi connectivity index (χ2v) is 6.90. The van der Waals surface area contributed by atoms with Gasteiger partial charge in [0, 0.05) is 6.54 Å². The van der Waals surface area contributed by atoms with Crippen LogP contribution in [0, 0.1) is 6.92 Å². The van der Waals surface area contributed by atoms with Crippen LogP contribution < -0.4 is 10.1 Å². The maximum atomic E-state index is 11.2. The van der Waals surface area contributed by atoms with Gasteiger partial charge >= 0.3 is 5.97 Å². The molecule has 0 aromatic heterocycles. The number of nitrogens with one attached hydrogen (secondary N) is 1. The van der Waals surface area contributed by atoms with E-state index in [9.17, 15) is 9.90 Å². The lowest BCUT2D eigenvalue weighted by Gasteiger charge is -2.14. The van der Waals surface area contributed by atoms with Crippen molar-refractivity contribution in [3.63, 3.8) is 0 Å². The SMILES string of the molecule is CSCCC(NCc1ccc(OCc2ccccc2C)cc1)C(=O)O. The van der Waals surface area contributed by atoms with Crippen molar-refractivity contribution in [1.82, 2.24) is 5.32 Å². The van der Waals surface area contributed by atoms with Crippen LogP contribution in [0.25, 0.3) is 0 Å². The molecule has 1 unspecified atom stereocenters. The van der Waals surface area contributed by atoms with E-state index in [2.05, 4.69) is 24.4 Å². The Morgan fingerprint density at radius 3 is 2.56 bits per heavy atom. The molecule has 1 atom stereocenters. The molecule has 0 radical (unpaired) electrons. The third kappa shape index (κ3) is 6.44. The number of benzene rings is 2. The predicted molar refractivity (Wildman–Crippen MR) is 103 cm³/mol. The van der Waals surface area contributed by atoms with Crippen molar-refractivity contribution >= 4 is 17.7 Å². The van der Waals surface area contributed by atoms with Gasteiger partial charge in [0.05, 0.1) is 0 Å². The molecule has 2 aromatic rings. The Kier molecular flexibility index (Phi) is 7.82. The Morgan fingerprint density at radius 1 is 1.20 bits per heavy atom. The minimum absolute atomic E-state index is 0.510. The first-order valence-electron chi connectivity index (χ1n) is 8.31. The van der Waals surface area contributed by atoms with E-state index in [0.717, 1.165) is 17.1 Å². The summed E-state index contributed by atoms with van der Waals surface area (Å²) in [5.74, 6) is 0.840. The van der Waals surface area contributed by atoms with Gasteiger partial charge in [-0.2, -0.15) is 11.8 Å². The van der Waals surface area contributed by atoms with Gasteiger partial charge < -0.3 is 15.2 Å². The molecule has 5 heteroatoms. The Hall–Kier alpha value is -1.98. The topological polar surface area (TPSA) is 58.6 Å². The molecule has 0 saturated heterocycles. The van der Waals surface area contributed by atoms with Crippen LogP contribution in [0.3, 0.4) is 0 Å². The molecule has 0 fully saturated rings. The van der Waals surface area contributed by atoms with Gasteiger partial charge in [0.1, 0.15) is 18.4 Å². The highest BCUT2D eigenvalue weighted by Crippen LogP contribution is 2.16. The number of carbonyl (C=O) groups is 1. The van der Waals surface area contributed by atoms with Crippen LogP contribution in [-0.4, -0.2) is 29.1 Å². The fraction of sp³-hybridized carbons (Fsp3) is 0.350. The summed E-state index contributed by atoms with van der Waals surface area (Å²) in [5, 5.41) is 12.3. The van der Waals surface area contributed by atoms with E-state index in [0.29, 0.717) is 19.6 Å². The van der Waals surface area contributed by atoms with Gasteiger partial charge in [-0.15, -0.1) is 0 Å². The zero-order valence-corrected chi connectivity index (χ0v) is 15.5. The molecule has 2 aromatic carbocycles. The number of carboxylic acid groups (broad SMARTS) is 1. The zero-order chi connectivity index (χ0) is 18.1. The van der Waals surface area contributed by atoms with Crippen molar-refractivity contribution in [3.05, 3.63) is 65.2 Å². The zero-order valence-electron chi connectivity index (χ0n) is 14.7. The molecule has 2 rings (SSSR count). The molecular formula is C20H25NO3S. The van der Waals surface area contributed by atoms with Crippen LogP contribution in [0.1, 0.15) is 23.1 Å². The van der Waals surface area contributed by atoms with E-state index < -0.39 is 12.0 Å². The first-order chi connectivity index (χ1) is 12.1. The monoisotopic (exact) mass is 359 g/mol. The number of hydrogen-bond donors (Lipinski definition) is 2. The van der Waals surface area contributed by atoms with Crippen molar-refractivity contribution in [1.29, 1.82) is 0 Å². The lowest BCUT2D eigenvalue weighted by Crippen LogP contribution is -2.36. The quantitative estimate of drug-likeness (QED) is 0.674. The number of ether oxygens (including phenoxy) is 1. The predicted octanol–water partition coefficient (Wildman–Crippen LogP) is 3.87. The van der Waals surface area contributed by atoms with Gasteiger partial charge in [0.2, 0.25) is 0 Å². The molecule has 0 aliphatic heterocycles. The fourth-order valence-electron chi connectivity index (χ4n) is 2.43. The molecule has 0 spiro atoms. The molecule has 0 saturated carbocycles. The van der Waals surface area contributed by atoms with E-state index in [1.165, 1.54) is 11.1 Å². The summed E-state index contributed by atoms with van der Waals surface area (Å²) in [7, 11) is 0. The maximum Gasteiger partial charge on any atom is 0.320 e. The molecule has 0 bridgehead atoms. The summed E-state index contributed by atoms with van der Waals surface area (Å²) in [6.45, 7) is 3.15. The highest BCUT2D eigenvalue weighted by molar-refractivity contribution is 7.98. The molecule has 0 heterocycles. The van der Waals surface area contributed by atoms with Gasteiger partial charge in [0.25, 0.3) is 0 Å². The summed E-state index contributed by atoms with van der Waals surface area (Å²) in [4.78, 5) is 11.2. The molecule has 2 N–H and O–H groups in total. The normalized spacial score (nSPS) is 11.9. The first-order valence-corrected chi connectivity index (χ1v) is 9.71. The second-order valence-electron chi connectivity index (χ2n) is 5.91. The minimum Gasteiger partial charge on any atom is -0.489 e. The largest absolute Gasteiger partial charge is 0.489 e. The third-order valence-corrected chi connectivity index (χ3v) is 4.68. The van der Waals surface area contributed by atoms with E-state index in [4.69, 9.17) is 4.74 Å². The van der Waals surface area contributed by atoms with Gasteiger partial charge in [-0.05, 0) is 54.2 Å². The van der Waals surface area contributed by atoms with Crippen LogP contribution >= 0.6 is 11.8 Å². The van der Waals surface area contributed by atoms with Crippen LogP contribution in [0.2, 0.25) is 0 Å². The fourth-order valence-corrected chi connectivity index (χ4v) is 2.90. The van der Waals surface area contributed by atoms with Gasteiger partial charge in [-0.25, -0.2) is 0 Å². The Labute approximate surface area is 153 Å². The number of aliphatic carboxylic acids is 1. The second kappa shape index (κ2) is 10.1. The summed E-state index contributed by atoms with van der Waals surface area (Å²) in [6.07, 6.45) is 2.60. The van der Waals surface area contributed by atoms with Gasteiger partial charge in [0.15, 0.2) is 0 Å². The lowest BCUT2D eigenvalue weighted by atomic mass is 10.1. The average Bonchev–Trinajstić information content (AvgIpc) is 2.62. The van der Waals surface area contributed by atoms with Crippen molar-refractivity contribution in [2.45, 2.75) is 32.5 Å². The number of hydrogen-bond acceptors (Lipinski definition) is 4. The van der Waals surface area contributed by atoms with Crippen molar-refractivity contribution in [2.24, 2.45) is 0 Å². The summed E-state index contributed by atoms with van der Waals surface area (Å²) in [5.41, 5.74) is 3.43. The summed E-state index contributed by atoms with van der Waals surface area (Å²) in [6, 6.07) is 15.4. The molecule has 0 aliphatic carbocycles. The van der Waals surface area contributed by atoms with Gasteiger partial charge in [-0.1, -0.05) is 36.4 Å². The molecule has 134 valence electrons. The van der Waals surface area contributed by atoms with Crippen LogP contribution in [0.5, 0.6) is 5.75 Å². The third-order valence-electron chi connectivity index (χ3n) is 4.04. The Bertz CT molecular complexity index is 673. The minimum atomic E-state index is -0.799. The molecule has 0 amide bonds. The summed E-state index contributed by atoms with van der Waals surface area (Å²) >= 11 is 1.66. The van der Waals surface area contributed by atoms with Crippen LogP contribution in [0.15, 0.2) is 48.5 Å². The molecule has 4 nitrogen and oxygen atoms in total. The summed E-state index contributed by atoms with van der Waals surface area (Å²) < 4.78 is 5.83. The average molecular weight is 359 g/mol. The van der Waals surface area contributed by atoms with E-state index in [1.807, 2.05) is 42.7 Å². The first kappa shape index (κ1) is 19.3. The van der Waals surface area contributed by atoms with Crippen molar-refractivity contribution < 1.29 is 14.6 Å². The molecule has 25 heavy (non-hydrogen) atoms. The smallest absolute Gasteiger partial charge is 0.320 e. The van der Waals surface area contributed by atoms with Gasteiger partial charge in [-0.3, -0.25) is 4.79 Å². The standard InChI is InChI=1S/C20H25NO3S/c1-15-5-3-4-6-17(15)14-24-18-9-7-16(8-10-18)13-21-19(20(22)23)11-12-25-2/h3-10,19,21H,11-14H2,1-2H3,(H,22,23). The van der Waals surface area contributed by atoms with E-state index in [-0.39, 0.29) is 0 Å². The van der Waals surface area contributed by atoms with E-state index in [1.54, 1.807) is 11.8 Å². The van der Waals surface area contributed by atoms with Crippen molar-refractivity contribution in [3.8, 4) is 5.75 Å². The lowest BCUT2D eigenvalue weighted by molar-refractivity contribution is -0.139. The number of aryl methyl sites for hydroxylation is 1. The number of thioether (sulfide) groups is 1. The van der Waals surface area contributed by atoms with Crippen LogP contribution in [-0.2, 0) is 17.9 Å². The highest BCUT2D eigenvalue weighted by Gasteiger charge is 2.15. The van der Waals surface area contributed by atoms with Crippen LogP contribution in [0.4, 0.5) is 0 Å². The number of rotatable bonds is 10. The highest BCUT2D eigenvalue weighted by atomic mass is 32.2. The molecular weight excluding hydrogens is 334 g/mol. The Balaban J connectivity index is 1.85. The van der Waals surface area contributed by atoms with Crippen molar-refractivity contribution in [2.75, 3.05) is 12.0 Å².